The highest BCUT2D eigenvalue weighted by atomic mass is 28.3. The zero-order chi connectivity index (χ0) is 13.2. The number of nitrogens with zero attached hydrogens (tertiary/aromatic N) is 1. The normalized spacial score (nSPS) is 22.1. The Morgan fingerprint density at radius 3 is 2.44 bits per heavy atom. The third-order valence-corrected chi connectivity index (χ3v) is 5.62. The Bertz CT molecular complexity index is 382. The largest absolute Gasteiger partial charge is 0.376 e. The second-order valence-corrected chi connectivity index (χ2v) is 11.4. The molecule has 1 aliphatic heterocycles. The van der Waals surface area contributed by atoms with Crippen LogP contribution in [-0.2, 0) is 11.3 Å². The molecule has 0 radical (unpaired) electrons. The summed E-state index contributed by atoms with van der Waals surface area (Å²) < 4.78 is 5.57. The number of hydrogen-bond donors (Lipinski definition) is 0. The average molecular weight is 263 g/mol. The lowest BCUT2D eigenvalue weighted by Crippen LogP contribution is -2.40. The van der Waals surface area contributed by atoms with E-state index in [0.717, 1.165) is 26.2 Å². The van der Waals surface area contributed by atoms with E-state index in [4.69, 9.17) is 4.74 Å². The number of morpholine rings is 1. The van der Waals surface area contributed by atoms with E-state index >= 15 is 0 Å². The molecule has 0 bridgehead atoms. The van der Waals surface area contributed by atoms with Crippen molar-refractivity contribution in [2.75, 3.05) is 19.7 Å². The molecule has 0 spiro atoms. The summed E-state index contributed by atoms with van der Waals surface area (Å²) in [7, 11) is -1.15. The van der Waals surface area contributed by atoms with Crippen molar-refractivity contribution >= 4 is 13.3 Å². The summed E-state index contributed by atoms with van der Waals surface area (Å²) in [6, 6.07) is 9.25. The molecule has 0 amide bonds. The summed E-state index contributed by atoms with van der Waals surface area (Å²) >= 11 is 0. The third-order valence-electron chi connectivity index (χ3n) is 3.55. The molecule has 0 aromatic heterocycles. The molecule has 1 aliphatic rings. The Balaban J connectivity index is 1.98. The molecule has 1 heterocycles. The molecule has 1 aromatic rings. The minimum atomic E-state index is -1.15. The topological polar surface area (TPSA) is 12.5 Å². The minimum Gasteiger partial charge on any atom is -0.376 e. The lowest BCUT2D eigenvalue weighted by molar-refractivity contribution is -0.0212. The molecule has 1 atom stereocenters. The van der Waals surface area contributed by atoms with E-state index in [0.29, 0.717) is 6.10 Å². The Labute approximate surface area is 112 Å². The lowest BCUT2D eigenvalue weighted by Gasteiger charge is -2.31. The van der Waals surface area contributed by atoms with E-state index in [1.54, 1.807) is 5.19 Å². The first-order valence-corrected chi connectivity index (χ1v) is 10.4. The average Bonchev–Trinajstić information content (AvgIpc) is 2.28. The second kappa shape index (κ2) is 5.55. The fourth-order valence-corrected chi connectivity index (χ4v) is 3.57. The van der Waals surface area contributed by atoms with Gasteiger partial charge in [-0.2, -0.15) is 0 Å². The van der Waals surface area contributed by atoms with Gasteiger partial charge in [-0.25, -0.2) is 0 Å². The van der Waals surface area contributed by atoms with Crippen LogP contribution in [0, 0.1) is 0 Å². The maximum absolute atomic E-state index is 5.57. The molecule has 1 unspecified atom stereocenters. The van der Waals surface area contributed by atoms with Gasteiger partial charge in [0, 0.05) is 19.6 Å². The molecule has 0 saturated carbocycles. The Kier molecular flexibility index (Phi) is 4.25. The quantitative estimate of drug-likeness (QED) is 0.777. The summed E-state index contributed by atoms with van der Waals surface area (Å²) in [5.41, 5.74) is 1.42. The maximum Gasteiger partial charge on any atom is 0.0775 e. The van der Waals surface area contributed by atoms with Gasteiger partial charge in [0.25, 0.3) is 0 Å². The molecule has 100 valence electrons. The van der Waals surface area contributed by atoms with Crippen LogP contribution >= 0.6 is 0 Å². The van der Waals surface area contributed by atoms with Crippen LogP contribution in [0.1, 0.15) is 12.5 Å². The van der Waals surface area contributed by atoms with E-state index in [2.05, 4.69) is 55.7 Å². The summed E-state index contributed by atoms with van der Waals surface area (Å²) in [6.07, 6.45) is 0.375. The fraction of sp³-hybridized carbons (Fsp3) is 0.600. The van der Waals surface area contributed by atoms with E-state index in [1.165, 1.54) is 5.56 Å². The monoisotopic (exact) mass is 263 g/mol. The van der Waals surface area contributed by atoms with Gasteiger partial charge in [0.2, 0.25) is 0 Å². The summed E-state index contributed by atoms with van der Waals surface area (Å²) in [5.74, 6) is 0. The molecule has 1 aromatic carbocycles. The van der Waals surface area contributed by atoms with E-state index in [9.17, 15) is 0 Å². The highest BCUT2D eigenvalue weighted by Gasteiger charge is 2.18. The zero-order valence-corrected chi connectivity index (χ0v) is 13.1. The van der Waals surface area contributed by atoms with Crippen molar-refractivity contribution in [3.63, 3.8) is 0 Å². The van der Waals surface area contributed by atoms with Crippen LogP contribution in [0.3, 0.4) is 0 Å². The number of benzene rings is 1. The van der Waals surface area contributed by atoms with E-state index < -0.39 is 8.07 Å². The van der Waals surface area contributed by atoms with Crippen LogP contribution < -0.4 is 5.19 Å². The van der Waals surface area contributed by atoms with Gasteiger partial charge in [-0.3, -0.25) is 4.90 Å². The van der Waals surface area contributed by atoms with Gasteiger partial charge in [-0.05, 0) is 12.5 Å². The molecule has 2 rings (SSSR count). The molecule has 18 heavy (non-hydrogen) atoms. The van der Waals surface area contributed by atoms with Gasteiger partial charge in [0.05, 0.1) is 20.8 Å². The first kappa shape index (κ1) is 13.8. The van der Waals surface area contributed by atoms with Crippen molar-refractivity contribution in [2.45, 2.75) is 39.2 Å². The molecule has 0 N–H and O–H groups in total. The highest BCUT2D eigenvalue weighted by molar-refractivity contribution is 6.88. The van der Waals surface area contributed by atoms with Gasteiger partial charge in [0.1, 0.15) is 0 Å². The Morgan fingerprint density at radius 1 is 1.22 bits per heavy atom. The highest BCUT2D eigenvalue weighted by Crippen LogP contribution is 2.10. The molecule has 0 aliphatic carbocycles. The van der Waals surface area contributed by atoms with Crippen LogP contribution in [0.4, 0.5) is 0 Å². The van der Waals surface area contributed by atoms with Gasteiger partial charge < -0.3 is 4.74 Å². The zero-order valence-electron chi connectivity index (χ0n) is 12.1. The third kappa shape index (κ3) is 3.67. The SMILES string of the molecule is CC1CN(Cc2ccc([Si](C)(C)C)cc2)CCO1. The first-order chi connectivity index (χ1) is 8.45. The molecule has 2 nitrogen and oxygen atoms in total. The lowest BCUT2D eigenvalue weighted by atomic mass is 10.2. The van der Waals surface area contributed by atoms with Gasteiger partial charge in [-0.15, -0.1) is 0 Å². The number of ether oxygens (including phenoxy) is 1. The smallest absolute Gasteiger partial charge is 0.0775 e. The van der Waals surface area contributed by atoms with Gasteiger partial charge >= 0.3 is 0 Å². The Hall–Kier alpha value is -0.643. The van der Waals surface area contributed by atoms with E-state index in [1.807, 2.05) is 0 Å². The summed E-state index contributed by atoms with van der Waals surface area (Å²) in [6.45, 7) is 13.4. The number of rotatable bonds is 3. The maximum atomic E-state index is 5.57. The van der Waals surface area contributed by atoms with Crippen molar-refractivity contribution < 1.29 is 4.74 Å². The standard InChI is InChI=1S/C15H25NOSi/c1-13-11-16(9-10-17-13)12-14-5-7-15(8-6-14)18(2,3)4/h5-8,13H,9-12H2,1-4H3. The molecule has 3 heteroatoms. The van der Waals surface area contributed by atoms with Crippen molar-refractivity contribution in [1.82, 2.24) is 4.90 Å². The predicted molar refractivity (Wildman–Crippen MR) is 80.1 cm³/mol. The minimum absolute atomic E-state index is 0.375. The Morgan fingerprint density at radius 2 is 1.89 bits per heavy atom. The predicted octanol–water partition coefficient (Wildman–Crippen LogP) is 2.45. The summed E-state index contributed by atoms with van der Waals surface area (Å²) in [5, 5.41) is 1.54. The fourth-order valence-electron chi connectivity index (χ4n) is 2.40. The van der Waals surface area contributed by atoms with Crippen molar-refractivity contribution in [2.24, 2.45) is 0 Å². The van der Waals surface area contributed by atoms with Crippen LogP contribution in [0.2, 0.25) is 19.6 Å². The van der Waals surface area contributed by atoms with Crippen LogP contribution in [-0.4, -0.2) is 38.8 Å². The second-order valence-electron chi connectivity index (χ2n) is 6.36. The van der Waals surface area contributed by atoms with E-state index in [-0.39, 0.29) is 0 Å². The molecular formula is C15H25NOSi. The van der Waals surface area contributed by atoms with Crippen LogP contribution in [0.5, 0.6) is 0 Å². The molecular weight excluding hydrogens is 238 g/mol. The first-order valence-electron chi connectivity index (χ1n) is 6.88. The molecule has 1 saturated heterocycles. The van der Waals surface area contributed by atoms with Crippen molar-refractivity contribution in [3.05, 3.63) is 29.8 Å². The van der Waals surface area contributed by atoms with Crippen LogP contribution in [0.25, 0.3) is 0 Å². The number of hydrogen-bond acceptors (Lipinski definition) is 2. The van der Waals surface area contributed by atoms with Crippen molar-refractivity contribution in [1.29, 1.82) is 0 Å². The molecule has 1 fully saturated rings. The summed E-state index contributed by atoms with van der Waals surface area (Å²) in [4.78, 5) is 2.48. The van der Waals surface area contributed by atoms with Crippen molar-refractivity contribution in [3.8, 4) is 0 Å². The van der Waals surface area contributed by atoms with Crippen LogP contribution in [0.15, 0.2) is 24.3 Å². The van der Waals surface area contributed by atoms with Gasteiger partial charge in [-0.1, -0.05) is 49.1 Å². The van der Waals surface area contributed by atoms with Gasteiger partial charge in [0.15, 0.2) is 0 Å².